The fourth-order valence-electron chi connectivity index (χ4n) is 2.58. The molecule has 2 rings (SSSR count). The SMILES string of the molecule is CCOc1cc(C#N)cc(Br)c1OCC(=O)NC(C)c1ccc(CC)cc1. The van der Waals surface area contributed by atoms with Gasteiger partial charge in [0.15, 0.2) is 18.1 Å². The van der Waals surface area contributed by atoms with Gasteiger partial charge < -0.3 is 14.8 Å². The number of ether oxygens (including phenoxy) is 2. The summed E-state index contributed by atoms with van der Waals surface area (Å²) < 4.78 is 11.8. The van der Waals surface area contributed by atoms with E-state index in [-0.39, 0.29) is 18.6 Å². The second kappa shape index (κ2) is 9.98. The first-order valence-electron chi connectivity index (χ1n) is 8.85. The fraction of sp³-hybridized carbons (Fsp3) is 0.333. The van der Waals surface area contributed by atoms with Crippen LogP contribution in [0.1, 0.15) is 43.5 Å². The third-order valence-electron chi connectivity index (χ3n) is 4.05. The van der Waals surface area contributed by atoms with Crippen molar-refractivity contribution in [2.45, 2.75) is 33.2 Å². The van der Waals surface area contributed by atoms with Gasteiger partial charge in [0.05, 0.1) is 28.8 Å². The molecule has 0 saturated carbocycles. The Kier molecular flexibility index (Phi) is 7.68. The largest absolute Gasteiger partial charge is 0.490 e. The Bertz CT molecular complexity index is 829. The van der Waals surface area contributed by atoms with Gasteiger partial charge in [-0.3, -0.25) is 4.79 Å². The summed E-state index contributed by atoms with van der Waals surface area (Å²) in [6.07, 6.45) is 0.983. The highest BCUT2D eigenvalue weighted by atomic mass is 79.9. The van der Waals surface area contributed by atoms with Crippen LogP contribution < -0.4 is 14.8 Å². The average Bonchev–Trinajstić information content (AvgIpc) is 2.67. The summed E-state index contributed by atoms with van der Waals surface area (Å²) in [5.41, 5.74) is 2.75. The molecule has 0 saturated heterocycles. The van der Waals surface area contributed by atoms with Crippen LogP contribution in [0.15, 0.2) is 40.9 Å². The minimum absolute atomic E-state index is 0.122. The highest BCUT2D eigenvalue weighted by molar-refractivity contribution is 9.10. The number of rotatable bonds is 8. The maximum absolute atomic E-state index is 12.3. The fourth-order valence-corrected chi connectivity index (χ4v) is 3.14. The first-order chi connectivity index (χ1) is 13.0. The van der Waals surface area contributed by atoms with Crippen LogP contribution in [0.5, 0.6) is 11.5 Å². The van der Waals surface area contributed by atoms with Gasteiger partial charge in [-0.1, -0.05) is 31.2 Å². The molecule has 0 fully saturated rings. The Morgan fingerprint density at radius 2 is 1.93 bits per heavy atom. The summed E-state index contributed by atoms with van der Waals surface area (Å²) in [7, 11) is 0. The van der Waals surface area contributed by atoms with Crippen LogP contribution >= 0.6 is 15.9 Å². The molecule has 0 aliphatic carbocycles. The summed E-state index contributed by atoms with van der Waals surface area (Å²) in [6.45, 7) is 6.16. The number of halogens is 1. The molecule has 0 radical (unpaired) electrons. The number of nitrogens with one attached hydrogen (secondary N) is 1. The predicted octanol–water partition coefficient (Wildman–Crippen LogP) is 4.54. The van der Waals surface area contributed by atoms with E-state index in [1.165, 1.54) is 5.56 Å². The number of hydrogen-bond acceptors (Lipinski definition) is 4. The zero-order chi connectivity index (χ0) is 19.8. The topological polar surface area (TPSA) is 71.3 Å². The van der Waals surface area contributed by atoms with Gasteiger partial charge >= 0.3 is 0 Å². The van der Waals surface area contributed by atoms with Crippen molar-refractivity contribution in [2.24, 2.45) is 0 Å². The molecular formula is C21H23BrN2O3. The number of carbonyl (C=O) groups is 1. The van der Waals surface area contributed by atoms with E-state index in [9.17, 15) is 4.79 Å². The Balaban J connectivity index is 2.01. The molecule has 2 aromatic carbocycles. The number of hydrogen-bond donors (Lipinski definition) is 1. The molecule has 0 aromatic heterocycles. The molecule has 1 amide bonds. The number of nitriles is 1. The molecule has 0 aliphatic heterocycles. The first-order valence-corrected chi connectivity index (χ1v) is 9.65. The average molecular weight is 431 g/mol. The zero-order valence-corrected chi connectivity index (χ0v) is 17.3. The standard InChI is InChI=1S/C21H23BrN2O3/c1-4-15-6-8-17(9-7-15)14(3)24-20(25)13-27-21-18(22)10-16(12-23)11-19(21)26-5-2/h6-11,14H,4-5,13H2,1-3H3,(H,24,25). The lowest BCUT2D eigenvalue weighted by molar-refractivity contribution is -0.123. The van der Waals surface area contributed by atoms with Crippen LogP contribution in [0, 0.1) is 11.3 Å². The molecular weight excluding hydrogens is 408 g/mol. The number of amides is 1. The van der Waals surface area contributed by atoms with Crippen molar-refractivity contribution in [1.82, 2.24) is 5.32 Å². The summed E-state index contributed by atoms with van der Waals surface area (Å²) in [4.78, 5) is 12.3. The molecule has 6 heteroatoms. The van der Waals surface area contributed by atoms with Crippen molar-refractivity contribution in [3.8, 4) is 17.6 Å². The molecule has 2 aromatic rings. The summed E-state index contributed by atoms with van der Waals surface area (Å²) in [6, 6.07) is 13.4. The molecule has 0 heterocycles. The van der Waals surface area contributed by atoms with Crippen molar-refractivity contribution >= 4 is 21.8 Å². The maximum Gasteiger partial charge on any atom is 0.258 e. The molecule has 1 atom stereocenters. The van der Waals surface area contributed by atoms with Gasteiger partial charge in [0.2, 0.25) is 0 Å². The maximum atomic E-state index is 12.3. The van der Waals surface area contributed by atoms with E-state index >= 15 is 0 Å². The number of aryl methyl sites for hydroxylation is 1. The third kappa shape index (κ3) is 5.73. The van der Waals surface area contributed by atoms with E-state index in [1.807, 2.05) is 26.0 Å². The Hall–Kier alpha value is -2.52. The second-order valence-electron chi connectivity index (χ2n) is 6.00. The summed E-state index contributed by atoms with van der Waals surface area (Å²) in [5, 5.41) is 12.0. The van der Waals surface area contributed by atoms with E-state index in [0.29, 0.717) is 28.1 Å². The van der Waals surface area contributed by atoms with Gasteiger partial charge in [-0.25, -0.2) is 0 Å². The van der Waals surface area contributed by atoms with E-state index in [2.05, 4.69) is 46.4 Å². The highest BCUT2D eigenvalue weighted by Gasteiger charge is 2.15. The van der Waals surface area contributed by atoms with Crippen molar-refractivity contribution in [2.75, 3.05) is 13.2 Å². The summed E-state index contributed by atoms with van der Waals surface area (Å²) >= 11 is 3.37. The quantitative estimate of drug-likeness (QED) is 0.666. The molecule has 0 spiro atoms. The van der Waals surface area contributed by atoms with E-state index in [0.717, 1.165) is 12.0 Å². The lowest BCUT2D eigenvalue weighted by Gasteiger charge is -2.17. The minimum Gasteiger partial charge on any atom is -0.490 e. The van der Waals surface area contributed by atoms with Crippen LogP contribution in [0.4, 0.5) is 0 Å². The van der Waals surface area contributed by atoms with Gasteiger partial charge in [0.25, 0.3) is 5.91 Å². The van der Waals surface area contributed by atoms with Crippen LogP contribution in [-0.2, 0) is 11.2 Å². The Morgan fingerprint density at radius 1 is 1.22 bits per heavy atom. The number of carbonyl (C=O) groups excluding carboxylic acids is 1. The van der Waals surface area contributed by atoms with Crippen molar-refractivity contribution in [3.63, 3.8) is 0 Å². The van der Waals surface area contributed by atoms with Crippen molar-refractivity contribution in [3.05, 3.63) is 57.6 Å². The minimum atomic E-state index is -0.235. The predicted molar refractivity (Wildman–Crippen MR) is 108 cm³/mol. The normalized spacial score (nSPS) is 11.4. The van der Waals surface area contributed by atoms with Crippen LogP contribution in [0.25, 0.3) is 0 Å². The molecule has 142 valence electrons. The highest BCUT2D eigenvalue weighted by Crippen LogP contribution is 2.36. The van der Waals surface area contributed by atoms with Gasteiger partial charge in [0, 0.05) is 6.07 Å². The first kappa shape index (κ1) is 20.8. The van der Waals surface area contributed by atoms with E-state index in [4.69, 9.17) is 14.7 Å². The van der Waals surface area contributed by atoms with Gasteiger partial charge in [-0.2, -0.15) is 5.26 Å². The van der Waals surface area contributed by atoms with Gasteiger partial charge in [-0.05, 0) is 53.4 Å². The van der Waals surface area contributed by atoms with Crippen LogP contribution in [0.2, 0.25) is 0 Å². The molecule has 1 unspecified atom stereocenters. The second-order valence-corrected chi connectivity index (χ2v) is 6.86. The number of nitrogens with zero attached hydrogens (tertiary/aromatic N) is 1. The lowest BCUT2D eigenvalue weighted by Crippen LogP contribution is -2.31. The van der Waals surface area contributed by atoms with E-state index in [1.54, 1.807) is 12.1 Å². The Labute approximate surface area is 168 Å². The van der Waals surface area contributed by atoms with Crippen molar-refractivity contribution in [1.29, 1.82) is 5.26 Å². The molecule has 1 N–H and O–H groups in total. The number of benzene rings is 2. The van der Waals surface area contributed by atoms with Crippen molar-refractivity contribution < 1.29 is 14.3 Å². The molecule has 0 aliphatic rings. The third-order valence-corrected chi connectivity index (χ3v) is 4.64. The Morgan fingerprint density at radius 3 is 2.52 bits per heavy atom. The molecule has 27 heavy (non-hydrogen) atoms. The summed E-state index contributed by atoms with van der Waals surface area (Å²) in [5.74, 6) is 0.603. The monoisotopic (exact) mass is 430 g/mol. The zero-order valence-electron chi connectivity index (χ0n) is 15.7. The van der Waals surface area contributed by atoms with Gasteiger partial charge in [0.1, 0.15) is 0 Å². The smallest absolute Gasteiger partial charge is 0.258 e. The molecule has 0 bridgehead atoms. The van der Waals surface area contributed by atoms with E-state index < -0.39 is 0 Å². The van der Waals surface area contributed by atoms with Crippen LogP contribution in [0.3, 0.4) is 0 Å². The van der Waals surface area contributed by atoms with Crippen LogP contribution in [-0.4, -0.2) is 19.1 Å². The molecule has 5 nitrogen and oxygen atoms in total. The van der Waals surface area contributed by atoms with Gasteiger partial charge in [-0.15, -0.1) is 0 Å². The lowest BCUT2D eigenvalue weighted by atomic mass is 10.1.